The van der Waals surface area contributed by atoms with Crippen LogP contribution in [0.1, 0.15) is 37.6 Å². The minimum atomic E-state index is -0.728. The third-order valence-electron chi connectivity index (χ3n) is 3.57. The molecule has 1 aliphatic carbocycles. The van der Waals surface area contributed by atoms with Gasteiger partial charge >= 0.3 is 0 Å². The summed E-state index contributed by atoms with van der Waals surface area (Å²) in [7, 11) is 1.52. The molecule has 1 heterocycles. The lowest BCUT2D eigenvalue weighted by atomic mass is 9.93. The fourth-order valence-corrected chi connectivity index (χ4v) is 2.36. The number of allylic oxidation sites excluding steroid dienone is 1. The Morgan fingerprint density at radius 3 is 2.68 bits per heavy atom. The van der Waals surface area contributed by atoms with Crippen molar-refractivity contribution < 1.29 is 23.5 Å². The maximum Gasteiger partial charge on any atom is 0.237 e. The molecule has 1 aliphatic rings. The monoisotopic (exact) mass is 296 g/mol. The third-order valence-corrected chi connectivity index (χ3v) is 3.57. The highest BCUT2D eigenvalue weighted by atomic mass is 16.5. The van der Waals surface area contributed by atoms with E-state index in [9.17, 15) is 14.4 Å². The van der Waals surface area contributed by atoms with Crippen LogP contribution in [0.15, 0.2) is 35.0 Å². The quantitative estimate of drug-likeness (QED) is 0.643. The Morgan fingerprint density at radius 1 is 1.18 bits per heavy atom. The molecule has 0 saturated carbocycles. The minimum absolute atomic E-state index is 0.0250. The highest BCUT2D eigenvalue weighted by molar-refractivity contribution is 6.51. The first-order chi connectivity index (χ1) is 10.5. The van der Waals surface area contributed by atoms with E-state index >= 15 is 0 Å². The van der Waals surface area contributed by atoms with Gasteiger partial charge in [-0.05, 0) is 30.7 Å². The first-order valence-corrected chi connectivity index (χ1v) is 6.60. The first kappa shape index (κ1) is 14.0. The van der Waals surface area contributed by atoms with E-state index in [0.717, 1.165) is 11.6 Å². The van der Waals surface area contributed by atoms with Gasteiger partial charge in [-0.1, -0.05) is 12.1 Å². The van der Waals surface area contributed by atoms with Crippen molar-refractivity contribution in [2.75, 3.05) is 7.11 Å². The topological polar surface area (TPSA) is 73.6 Å². The lowest BCUT2D eigenvalue weighted by molar-refractivity contribution is -0.110. The Labute approximate surface area is 126 Å². The van der Waals surface area contributed by atoms with Crippen molar-refractivity contribution in [3.63, 3.8) is 0 Å². The summed E-state index contributed by atoms with van der Waals surface area (Å²) in [5, 5.41) is 0. The van der Waals surface area contributed by atoms with Crippen LogP contribution < -0.4 is 4.74 Å². The lowest BCUT2D eigenvalue weighted by Gasteiger charge is -2.08. The molecule has 0 radical (unpaired) electrons. The van der Waals surface area contributed by atoms with Crippen LogP contribution in [0.3, 0.4) is 0 Å². The molecule has 0 N–H and O–H groups in total. The number of rotatable bonds is 3. The molecule has 0 saturated heterocycles. The van der Waals surface area contributed by atoms with Gasteiger partial charge in [0.1, 0.15) is 17.8 Å². The summed E-state index contributed by atoms with van der Waals surface area (Å²) in [6, 6.07) is 5.00. The smallest absolute Gasteiger partial charge is 0.237 e. The number of benzene rings is 1. The Morgan fingerprint density at radius 2 is 1.95 bits per heavy atom. The molecular weight excluding hydrogens is 284 g/mol. The summed E-state index contributed by atoms with van der Waals surface area (Å²) >= 11 is 0. The van der Waals surface area contributed by atoms with E-state index in [1.54, 1.807) is 18.2 Å². The molecule has 0 aliphatic heterocycles. The van der Waals surface area contributed by atoms with Gasteiger partial charge in [0.05, 0.1) is 18.2 Å². The number of methoxy groups -OCH3 is 1. The van der Waals surface area contributed by atoms with Crippen LogP contribution in [0.2, 0.25) is 0 Å². The van der Waals surface area contributed by atoms with Crippen LogP contribution in [0.4, 0.5) is 0 Å². The van der Waals surface area contributed by atoms with E-state index in [1.165, 1.54) is 19.4 Å². The molecule has 22 heavy (non-hydrogen) atoms. The van der Waals surface area contributed by atoms with E-state index < -0.39 is 11.6 Å². The van der Waals surface area contributed by atoms with Crippen molar-refractivity contribution in [3.05, 3.63) is 58.6 Å². The molecule has 0 spiro atoms. The number of carbonyl (C=O) groups excluding carboxylic acids is 3. The Balaban J connectivity index is 2.08. The number of ether oxygens (including phenoxy) is 1. The summed E-state index contributed by atoms with van der Waals surface area (Å²) < 4.78 is 10.4. The van der Waals surface area contributed by atoms with Crippen molar-refractivity contribution >= 4 is 23.4 Å². The van der Waals surface area contributed by atoms with Crippen LogP contribution in [-0.4, -0.2) is 24.5 Å². The standard InChI is InChI=1S/C17H12O5/c1-9-3-4-10(7-14(9)21-2)16(19)11-8-22-13-6-5-12(18)17(20)15(11)13/h3-8H,1-2H3. The van der Waals surface area contributed by atoms with E-state index in [2.05, 4.69) is 0 Å². The molecule has 0 unspecified atom stereocenters. The predicted molar refractivity (Wildman–Crippen MR) is 78.2 cm³/mol. The van der Waals surface area contributed by atoms with E-state index in [-0.39, 0.29) is 22.7 Å². The van der Waals surface area contributed by atoms with Crippen molar-refractivity contribution in [2.24, 2.45) is 0 Å². The van der Waals surface area contributed by atoms with Crippen LogP contribution in [0.25, 0.3) is 6.08 Å². The summed E-state index contributed by atoms with van der Waals surface area (Å²) in [4.78, 5) is 36.1. The van der Waals surface area contributed by atoms with Gasteiger partial charge in [-0.3, -0.25) is 14.4 Å². The molecule has 0 amide bonds. The predicted octanol–water partition coefficient (Wildman–Crippen LogP) is 2.61. The Hall–Kier alpha value is -2.95. The SMILES string of the molecule is COc1cc(C(=O)c2coc3c2C(=O)C(=O)C=C3)ccc1C. The second-order valence-electron chi connectivity index (χ2n) is 4.93. The van der Waals surface area contributed by atoms with Crippen LogP contribution in [0.5, 0.6) is 5.75 Å². The summed E-state index contributed by atoms with van der Waals surface area (Å²) in [6.07, 6.45) is 3.74. The molecule has 0 bridgehead atoms. The highest BCUT2D eigenvalue weighted by Crippen LogP contribution is 2.27. The number of ketones is 3. The summed E-state index contributed by atoms with van der Waals surface area (Å²) in [5.41, 5.74) is 1.36. The molecular formula is C17H12O5. The zero-order valence-electron chi connectivity index (χ0n) is 12.0. The molecule has 3 rings (SSSR count). The van der Waals surface area contributed by atoms with Gasteiger partial charge in [0.25, 0.3) is 0 Å². The maximum absolute atomic E-state index is 12.6. The zero-order chi connectivity index (χ0) is 15.9. The normalized spacial score (nSPS) is 13.2. The Bertz CT molecular complexity index is 839. The van der Waals surface area contributed by atoms with Crippen molar-refractivity contribution in [2.45, 2.75) is 6.92 Å². The second-order valence-corrected chi connectivity index (χ2v) is 4.93. The van der Waals surface area contributed by atoms with Crippen molar-refractivity contribution in [3.8, 4) is 5.75 Å². The zero-order valence-corrected chi connectivity index (χ0v) is 12.0. The highest BCUT2D eigenvalue weighted by Gasteiger charge is 2.30. The van der Waals surface area contributed by atoms with Gasteiger partial charge in [0.15, 0.2) is 5.78 Å². The number of fused-ring (bicyclic) bond motifs is 1. The molecule has 5 nitrogen and oxygen atoms in total. The van der Waals surface area contributed by atoms with Gasteiger partial charge in [-0.25, -0.2) is 0 Å². The molecule has 5 heteroatoms. The van der Waals surface area contributed by atoms with Crippen LogP contribution >= 0.6 is 0 Å². The van der Waals surface area contributed by atoms with Gasteiger partial charge in [-0.2, -0.15) is 0 Å². The Kier molecular flexibility index (Phi) is 3.25. The van der Waals surface area contributed by atoms with E-state index in [1.807, 2.05) is 6.92 Å². The van der Waals surface area contributed by atoms with Gasteiger partial charge in [-0.15, -0.1) is 0 Å². The number of furan rings is 1. The van der Waals surface area contributed by atoms with Crippen LogP contribution in [-0.2, 0) is 4.79 Å². The minimum Gasteiger partial charge on any atom is -0.496 e. The molecule has 0 atom stereocenters. The summed E-state index contributed by atoms with van der Waals surface area (Å²) in [6.45, 7) is 1.86. The number of hydrogen-bond donors (Lipinski definition) is 0. The lowest BCUT2D eigenvalue weighted by Crippen LogP contribution is -2.18. The third kappa shape index (κ3) is 2.07. The number of hydrogen-bond acceptors (Lipinski definition) is 5. The average Bonchev–Trinajstić information content (AvgIpc) is 2.95. The molecule has 2 aromatic rings. The molecule has 1 aromatic carbocycles. The fourth-order valence-electron chi connectivity index (χ4n) is 2.36. The van der Waals surface area contributed by atoms with Crippen LogP contribution in [0, 0.1) is 6.92 Å². The van der Waals surface area contributed by atoms with Gasteiger partial charge < -0.3 is 9.15 Å². The number of Topliss-reactive ketones (excluding diaryl/α,β-unsaturated/α-hetero) is 1. The number of carbonyl (C=O) groups is 3. The van der Waals surface area contributed by atoms with Crippen molar-refractivity contribution in [1.82, 2.24) is 0 Å². The molecule has 1 aromatic heterocycles. The summed E-state index contributed by atoms with van der Waals surface area (Å²) in [5.74, 6) is -0.976. The first-order valence-electron chi connectivity index (χ1n) is 6.60. The molecule has 0 fully saturated rings. The van der Waals surface area contributed by atoms with E-state index in [4.69, 9.17) is 9.15 Å². The number of aryl methyl sites for hydroxylation is 1. The second kappa shape index (κ2) is 5.11. The largest absolute Gasteiger partial charge is 0.496 e. The molecule has 110 valence electrons. The van der Waals surface area contributed by atoms with E-state index in [0.29, 0.717) is 11.3 Å². The van der Waals surface area contributed by atoms with Gasteiger partial charge in [0.2, 0.25) is 11.6 Å². The average molecular weight is 296 g/mol. The fraction of sp³-hybridized carbons (Fsp3) is 0.118. The van der Waals surface area contributed by atoms with Gasteiger partial charge in [0, 0.05) is 5.56 Å². The maximum atomic E-state index is 12.6. The van der Waals surface area contributed by atoms with Crippen molar-refractivity contribution in [1.29, 1.82) is 0 Å².